The molecule has 0 aromatic heterocycles. The van der Waals surface area contributed by atoms with Crippen molar-refractivity contribution in [1.82, 2.24) is 0 Å². The molecule has 26 heavy (non-hydrogen) atoms. The average Bonchev–Trinajstić information content (AvgIpc) is 2.45. The Balaban J connectivity index is 4.54. The summed E-state index contributed by atoms with van der Waals surface area (Å²) in [6.07, 6.45) is -17.9. The predicted molar refractivity (Wildman–Crippen MR) is 66.0 cm³/mol. The minimum Gasteiger partial charge on any atom is -0.285 e. The van der Waals surface area contributed by atoms with E-state index >= 15 is 0 Å². The van der Waals surface area contributed by atoms with Crippen LogP contribution in [0.2, 0.25) is 0 Å². The van der Waals surface area contributed by atoms with Crippen molar-refractivity contribution in [2.75, 3.05) is 0 Å². The Hall–Kier alpha value is -2.24. The Morgan fingerprint density at radius 2 is 0.846 bits per heavy atom. The van der Waals surface area contributed by atoms with Gasteiger partial charge >= 0.3 is 24.2 Å². The lowest BCUT2D eigenvalue weighted by Gasteiger charge is -2.18. The molecule has 0 aliphatic carbocycles. The summed E-state index contributed by atoms with van der Waals surface area (Å²) in [4.78, 5) is 22.0. The van der Waals surface area contributed by atoms with E-state index in [0.717, 1.165) is 0 Å². The van der Waals surface area contributed by atoms with Gasteiger partial charge in [0.05, 0.1) is 0 Å². The zero-order chi connectivity index (χ0) is 20.8. The van der Waals surface area contributed by atoms with E-state index in [1.165, 1.54) is 11.8 Å². The van der Waals surface area contributed by atoms with Gasteiger partial charge in [-0.05, 0) is 23.7 Å². The number of halogens is 10. The molecule has 0 fully saturated rings. The fraction of sp³-hybridized carbons (Fsp3) is 0.571. The molecule has 146 valence electrons. The first-order valence-electron chi connectivity index (χ1n) is 6.46. The standard InChI is InChI=1S/C14H8F10O2/c15-11(16,13(19,20)21)7-5-9(25)3-1-2-4-10(26)6-8-12(17,18)14(22,23)24/h5-8H2. The van der Waals surface area contributed by atoms with Crippen LogP contribution >= 0.6 is 0 Å². The van der Waals surface area contributed by atoms with Gasteiger partial charge in [0.15, 0.2) is 0 Å². The fourth-order valence-electron chi connectivity index (χ4n) is 1.15. The van der Waals surface area contributed by atoms with E-state index in [9.17, 15) is 53.5 Å². The van der Waals surface area contributed by atoms with Crippen LogP contribution in [-0.2, 0) is 9.59 Å². The first-order chi connectivity index (χ1) is 11.5. The second-order valence-electron chi connectivity index (χ2n) is 4.75. The molecule has 0 N–H and O–H groups in total. The molecular weight excluding hydrogens is 390 g/mol. The second-order valence-corrected chi connectivity index (χ2v) is 4.75. The minimum absolute atomic E-state index is 1.27. The number of carbonyl (C=O) groups is 2. The van der Waals surface area contributed by atoms with Crippen LogP contribution in [0.15, 0.2) is 0 Å². The smallest absolute Gasteiger partial charge is 0.285 e. The number of Topliss-reactive ketones (excluding diaryl/α,β-unsaturated/α-hetero) is 2. The Morgan fingerprint density at radius 1 is 0.577 bits per heavy atom. The predicted octanol–water partition coefficient (Wildman–Crippen LogP) is 4.09. The number of rotatable bonds is 6. The molecule has 0 rings (SSSR count). The van der Waals surface area contributed by atoms with Gasteiger partial charge in [0.1, 0.15) is 0 Å². The summed E-state index contributed by atoms with van der Waals surface area (Å²) in [5, 5.41) is 0. The van der Waals surface area contributed by atoms with Gasteiger partial charge in [-0.2, -0.15) is 43.9 Å². The van der Waals surface area contributed by atoms with Crippen LogP contribution in [0.25, 0.3) is 0 Å². The molecule has 12 heteroatoms. The first kappa shape index (κ1) is 23.8. The number of alkyl halides is 10. The van der Waals surface area contributed by atoms with Crippen molar-refractivity contribution in [2.45, 2.75) is 49.9 Å². The van der Waals surface area contributed by atoms with E-state index in [1.54, 1.807) is 11.8 Å². The minimum atomic E-state index is -5.84. The maximum Gasteiger partial charge on any atom is 0.453 e. The van der Waals surface area contributed by atoms with Crippen LogP contribution in [-0.4, -0.2) is 35.8 Å². The van der Waals surface area contributed by atoms with Gasteiger partial charge in [0, 0.05) is 25.7 Å². The Kier molecular flexibility index (Phi) is 7.70. The summed E-state index contributed by atoms with van der Waals surface area (Å²) in [6, 6.07) is 0. The van der Waals surface area contributed by atoms with E-state index in [1.807, 2.05) is 0 Å². The quantitative estimate of drug-likeness (QED) is 0.384. The van der Waals surface area contributed by atoms with Gasteiger partial charge in [0.25, 0.3) is 0 Å². The van der Waals surface area contributed by atoms with Crippen LogP contribution in [0.3, 0.4) is 0 Å². The van der Waals surface area contributed by atoms with Gasteiger partial charge in [-0.15, -0.1) is 0 Å². The topological polar surface area (TPSA) is 34.1 Å². The number of hydrogen-bond donors (Lipinski definition) is 0. The highest BCUT2D eigenvalue weighted by atomic mass is 19.4. The zero-order valence-electron chi connectivity index (χ0n) is 12.4. The summed E-state index contributed by atoms with van der Waals surface area (Å²) < 4.78 is 121. The molecule has 0 heterocycles. The third kappa shape index (κ3) is 7.76. The lowest BCUT2D eigenvalue weighted by Crippen LogP contribution is -2.36. The van der Waals surface area contributed by atoms with E-state index in [4.69, 9.17) is 0 Å². The summed E-state index contributed by atoms with van der Waals surface area (Å²) in [5.74, 6) is -6.69. The Morgan fingerprint density at radius 3 is 1.08 bits per heavy atom. The van der Waals surface area contributed by atoms with Crippen LogP contribution in [0.5, 0.6) is 0 Å². The van der Waals surface area contributed by atoms with Gasteiger partial charge in [-0.1, -0.05) is 0 Å². The molecule has 0 radical (unpaired) electrons. The first-order valence-corrected chi connectivity index (χ1v) is 6.46. The zero-order valence-corrected chi connectivity index (χ0v) is 12.4. The second kappa shape index (κ2) is 8.43. The van der Waals surface area contributed by atoms with Gasteiger partial charge in [-0.3, -0.25) is 9.59 Å². The largest absolute Gasteiger partial charge is 0.453 e. The van der Waals surface area contributed by atoms with Crippen molar-refractivity contribution in [1.29, 1.82) is 0 Å². The van der Waals surface area contributed by atoms with E-state index in [2.05, 4.69) is 0 Å². The molecule has 2 nitrogen and oxygen atoms in total. The monoisotopic (exact) mass is 398 g/mol. The molecular formula is C14H8F10O2. The molecule has 0 aliphatic heterocycles. The third-order valence-corrected chi connectivity index (χ3v) is 2.63. The average molecular weight is 398 g/mol. The van der Waals surface area contributed by atoms with Gasteiger partial charge < -0.3 is 0 Å². The van der Waals surface area contributed by atoms with Crippen molar-refractivity contribution in [3.63, 3.8) is 0 Å². The van der Waals surface area contributed by atoms with Crippen LogP contribution in [0.4, 0.5) is 43.9 Å². The van der Waals surface area contributed by atoms with Gasteiger partial charge in [-0.25, -0.2) is 0 Å². The molecule has 0 saturated carbocycles. The van der Waals surface area contributed by atoms with Gasteiger partial charge in [0.2, 0.25) is 11.6 Å². The van der Waals surface area contributed by atoms with E-state index in [-0.39, 0.29) is 0 Å². The maximum atomic E-state index is 12.5. The summed E-state index contributed by atoms with van der Waals surface area (Å²) >= 11 is 0. The Bertz CT molecular complexity index is 592. The maximum absolute atomic E-state index is 12.5. The third-order valence-electron chi connectivity index (χ3n) is 2.63. The normalized spacial score (nSPS) is 12.5. The molecule has 0 spiro atoms. The Labute approximate surface area is 139 Å². The van der Waals surface area contributed by atoms with Crippen LogP contribution in [0, 0.1) is 23.7 Å². The van der Waals surface area contributed by atoms with Crippen molar-refractivity contribution >= 4 is 11.6 Å². The van der Waals surface area contributed by atoms with E-state index < -0.39 is 61.4 Å². The molecule has 0 saturated heterocycles. The molecule has 0 aromatic rings. The molecule has 0 unspecified atom stereocenters. The molecule has 0 amide bonds. The van der Waals surface area contributed by atoms with Crippen LogP contribution in [0.1, 0.15) is 25.7 Å². The molecule has 0 aromatic carbocycles. The lowest BCUT2D eigenvalue weighted by molar-refractivity contribution is -0.284. The summed E-state index contributed by atoms with van der Waals surface area (Å²) in [7, 11) is 0. The number of carbonyl (C=O) groups excluding carboxylic acids is 2. The molecule has 0 bridgehead atoms. The SMILES string of the molecule is O=C(C#CC#CC(=O)CCC(F)(F)C(F)(F)F)CCC(F)(F)C(F)(F)F. The van der Waals surface area contributed by atoms with Crippen LogP contribution < -0.4 is 0 Å². The number of ketones is 2. The highest BCUT2D eigenvalue weighted by Crippen LogP contribution is 2.39. The van der Waals surface area contributed by atoms with Crippen molar-refractivity contribution in [2.24, 2.45) is 0 Å². The van der Waals surface area contributed by atoms with E-state index in [0.29, 0.717) is 0 Å². The van der Waals surface area contributed by atoms with Crippen molar-refractivity contribution in [3.8, 4) is 23.7 Å². The fourth-order valence-corrected chi connectivity index (χ4v) is 1.15. The van der Waals surface area contributed by atoms with Crippen molar-refractivity contribution in [3.05, 3.63) is 0 Å². The number of hydrogen-bond acceptors (Lipinski definition) is 2. The summed E-state index contributed by atoms with van der Waals surface area (Å²) in [5.41, 5.74) is 0. The highest BCUT2D eigenvalue weighted by molar-refractivity contribution is 5.98. The highest BCUT2D eigenvalue weighted by Gasteiger charge is 2.57. The summed E-state index contributed by atoms with van der Waals surface area (Å²) in [6.45, 7) is 0. The lowest BCUT2D eigenvalue weighted by atomic mass is 10.1. The molecule has 0 aliphatic rings. The van der Waals surface area contributed by atoms with Crippen molar-refractivity contribution < 1.29 is 53.5 Å². The molecule has 0 atom stereocenters.